The van der Waals surface area contributed by atoms with E-state index >= 15 is 0 Å². The van der Waals surface area contributed by atoms with Crippen LogP contribution in [0.1, 0.15) is 18.9 Å². The van der Waals surface area contributed by atoms with Crippen molar-refractivity contribution >= 4 is 0 Å². The first-order valence-corrected chi connectivity index (χ1v) is 4.94. The summed E-state index contributed by atoms with van der Waals surface area (Å²) in [5.74, 6) is 0.0621. The third-order valence-electron chi connectivity index (χ3n) is 3.12. The Labute approximate surface area is 83.7 Å². The molecule has 0 spiro atoms. The lowest BCUT2D eigenvalue weighted by Gasteiger charge is -2.44. The van der Waals surface area contributed by atoms with Crippen LogP contribution < -0.4 is 0 Å². The van der Waals surface area contributed by atoms with Crippen molar-refractivity contribution in [3.05, 3.63) is 24.0 Å². The Morgan fingerprint density at radius 3 is 2.86 bits per heavy atom. The molecule has 3 nitrogen and oxygen atoms in total. The maximum atomic E-state index is 9.11. The van der Waals surface area contributed by atoms with Gasteiger partial charge in [-0.25, -0.2) is 0 Å². The number of rotatable bonds is 3. The van der Waals surface area contributed by atoms with E-state index in [-0.39, 0.29) is 11.3 Å². The van der Waals surface area contributed by atoms with Gasteiger partial charge in [0, 0.05) is 12.4 Å². The molecule has 1 aliphatic rings. The summed E-state index contributed by atoms with van der Waals surface area (Å²) in [5, 5.41) is 9.11. The van der Waals surface area contributed by atoms with Crippen molar-refractivity contribution in [1.29, 1.82) is 5.26 Å². The molecule has 0 radical (unpaired) electrons. The van der Waals surface area contributed by atoms with E-state index in [1.165, 1.54) is 5.56 Å². The number of nitrogens with zero attached hydrogens (tertiary/aromatic N) is 1. The van der Waals surface area contributed by atoms with E-state index in [1.807, 2.05) is 18.5 Å². The van der Waals surface area contributed by atoms with Gasteiger partial charge in [0.05, 0.1) is 30.6 Å². The second-order valence-electron chi connectivity index (χ2n) is 3.84. The highest BCUT2D eigenvalue weighted by Gasteiger charge is 2.46. The number of nitrogens with one attached hydrogen (secondary N) is 1. The van der Waals surface area contributed by atoms with Gasteiger partial charge in [-0.05, 0) is 18.1 Å². The van der Waals surface area contributed by atoms with Gasteiger partial charge in [0.15, 0.2) is 0 Å². The lowest BCUT2D eigenvalue weighted by atomic mass is 9.69. The molecule has 0 amide bonds. The summed E-state index contributed by atoms with van der Waals surface area (Å²) in [7, 11) is 0. The van der Waals surface area contributed by atoms with Crippen LogP contribution in [0.3, 0.4) is 0 Å². The van der Waals surface area contributed by atoms with Gasteiger partial charge in [0.2, 0.25) is 0 Å². The van der Waals surface area contributed by atoms with Crippen molar-refractivity contribution in [2.45, 2.75) is 18.8 Å². The number of hydrogen-bond donors (Lipinski definition) is 1. The highest BCUT2D eigenvalue weighted by molar-refractivity contribution is 5.29. The third-order valence-corrected chi connectivity index (χ3v) is 3.12. The highest BCUT2D eigenvalue weighted by atomic mass is 16.5. The second-order valence-corrected chi connectivity index (χ2v) is 3.84. The van der Waals surface area contributed by atoms with E-state index < -0.39 is 0 Å². The van der Waals surface area contributed by atoms with Crippen molar-refractivity contribution in [2.75, 3.05) is 13.2 Å². The molecule has 1 aromatic heterocycles. The zero-order valence-electron chi connectivity index (χ0n) is 8.29. The van der Waals surface area contributed by atoms with E-state index in [0.29, 0.717) is 13.2 Å². The van der Waals surface area contributed by atoms with Gasteiger partial charge in [0.1, 0.15) is 0 Å². The predicted molar refractivity (Wildman–Crippen MR) is 52.7 cm³/mol. The maximum absolute atomic E-state index is 9.11. The summed E-state index contributed by atoms with van der Waals surface area (Å²) in [6, 6.07) is 4.43. The molecule has 1 aliphatic heterocycles. The fraction of sp³-hybridized carbons (Fsp3) is 0.545. The van der Waals surface area contributed by atoms with Crippen molar-refractivity contribution in [1.82, 2.24) is 4.98 Å². The number of H-pyrrole nitrogens is 1. The van der Waals surface area contributed by atoms with Gasteiger partial charge < -0.3 is 9.72 Å². The van der Waals surface area contributed by atoms with Crippen LogP contribution in [0.15, 0.2) is 18.5 Å². The van der Waals surface area contributed by atoms with Gasteiger partial charge in [-0.3, -0.25) is 0 Å². The molecular weight excluding hydrogens is 176 g/mol. The summed E-state index contributed by atoms with van der Waals surface area (Å²) in [4.78, 5) is 3.04. The van der Waals surface area contributed by atoms with Crippen molar-refractivity contribution in [3.8, 4) is 6.07 Å². The van der Waals surface area contributed by atoms with Crippen LogP contribution in [0.2, 0.25) is 0 Å². The van der Waals surface area contributed by atoms with Gasteiger partial charge in [-0.1, -0.05) is 6.92 Å². The lowest BCUT2D eigenvalue weighted by Crippen LogP contribution is -2.51. The van der Waals surface area contributed by atoms with E-state index in [2.05, 4.69) is 18.0 Å². The SMILES string of the molecule is CCC(C#N)C1(c2cc[nH]c2)COC1. The zero-order valence-corrected chi connectivity index (χ0v) is 8.29. The van der Waals surface area contributed by atoms with E-state index in [9.17, 15) is 0 Å². The first-order chi connectivity index (χ1) is 6.83. The van der Waals surface area contributed by atoms with Gasteiger partial charge >= 0.3 is 0 Å². The van der Waals surface area contributed by atoms with Gasteiger partial charge in [-0.2, -0.15) is 5.26 Å². The van der Waals surface area contributed by atoms with Crippen LogP contribution >= 0.6 is 0 Å². The Hall–Kier alpha value is -1.27. The maximum Gasteiger partial charge on any atom is 0.0666 e. The molecule has 2 heterocycles. The number of aromatic nitrogens is 1. The van der Waals surface area contributed by atoms with Crippen LogP contribution in [-0.4, -0.2) is 18.2 Å². The number of nitriles is 1. The Balaban J connectivity index is 2.31. The number of ether oxygens (including phenoxy) is 1. The van der Waals surface area contributed by atoms with Gasteiger partial charge in [0.25, 0.3) is 0 Å². The fourth-order valence-corrected chi connectivity index (χ4v) is 2.13. The molecule has 1 saturated heterocycles. The Bertz CT molecular complexity index is 333. The Kier molecular flexibility index (Phi) is 2.30. The summed E-state index contributed by atoms with van der Waals surface area (Å²) in [6.45, 7) is 3.41. The Morgan fingerprint density at radius 1 is 1.71 bits per heavy atom. The third kappa shape index (κ3) is 1.15. The molecule has 1 fully saturated rings. The average Bonchev–Trinajstić information content (AvgIpc) is 2.63. The molecule has 1 aromatic rings. The zero-order chi connectivity index (χ0) is 10.0. The molecule has 0 aromatic carbocycles. The van der Waals surface area contributed by atoms with Crippen LogP contribution in [0.25, 0.3) is 0 Å². The van der Waals surface area contributed by atoms with Crippen LogP contribution in [-0.2, 0) is 10.2 Å². The molecule has 1 unspecified atom stereocenters. The first-order valence-electron chi connectivity index (χ1n) is 4.94. The van der Waals surface area contributed by atoms with Crippen LogP contribution in [0.5, 0.6) is 0 Å². The molecule has 1 N–H and O–H groups in total. The molecule has 0 aliphatic carbocycles. The second kappa shape index (κ2) is 3.47. The van der Waals surface area contributed by atoms with Crippen molar-refractivity contribution in [2.24, 2.45) is 5.92 Å². The summed E-state index contributed by atoms with van der Waals surface area (Å²) >= 11 is 0. The molecular formula is C11H14N2O. The van der Waals surface area contributed by atoms with E-state index in [0.717, 1.165) is 6.42 Å². The van der Waals surface area contributed by atoms with Crippen molar-refractivity contribution < 1.29 is 4.74 Å². The number of hydrogen-bond acceptors (Lipinski definition) is 2. The monoisotopic (exact) mass is 190 g/mol. The Morgan fingerprint density at radius 2 is 2.50 bits per heavy atom. The van der Waals surface area contributed by atoms with Gasteiger partial charge in [-0.15, -0.1) is 0 Å². The van der Waals surface area contributed by atoms with Crippen LogP contribution in [0, 0.1) is 17.2 Å². The van der Waals surface area contributed by atoms with E-state index in [4.69, 9.17) is 10.00 Å². The molecule has 0 saturated carbocycles. The number of aromatic amines is 1. The minimum Gasteiger partial charge on any atom is -0.379 e. The minimum absolute atomic E-state index is 0.0521. The smallest absolute Gasteiger partial charge is 0.0666 e. The molecule has 74 valence electrons. The summed E-state index contributed by atoms with van der Waals surface area (Å²) in [5.41, 5.74) is 1.15. The quantitative estimate of drug-likeness (QED) is 0.790. The summed E-state index contributed by atoms with van der Waals surface area (Å²) in [6.07, 6.45) is 4.76. The topological polar surface area (TPSA) is 48.8 Å². The summed E-state index contributed by atoms with van der Waals surface area (Å²) < 4.78 is 5.28. The minimum atomic E-state index is -0.0521. The molecule has 3 heteroatoms. The first kappa shape index (κ1) is 9.29. The highest BCUT2D eigenvalue weighted by Crippen LogP contribution is 2.40. The lowest BCUT2D eigenvalue weighted by molar-refractivity contribution is -0.0804. The fourth-order valence-electron chi connectivity index (χ4n) is 2.13. The van der Waals surface area contributed by atoms with Crippen molar-refractivity contribution in [3.63, 3.8) is 0 Å². The average molecular weight is 190 g/mol. The normalized spacial score (nSPS) is 20.9. The van der Waals surface area contributed by atoms with Crippen LogP contribution in [0.4, 0.5) is 0 Å². The standard InChI is InChI=1S/C11H14N2O/c1-2-9(5-12)11(7-14-8-11)10-3-4-13-6-10/h3-4,6,9,13H,2,7-8H2,1H3. The molecule has 2 rings (SSSR count). The van der Waals surface area contributed by atoms with E-state index in [1.54, 1.807) is 0 Å². The predicted octanol–water partition coefficient (Wildman–Crippen LogP) is 1.83. The largest absolute Gasteiger partial charge is 0.379 e. The molecule has 1 atom stereocenters. The molecule has 0 bridgehead atoms. The molecule has 14 heavy (non-hydrogen) atoms.